The van der Waals surface area contributed by atoms with Crippen molar-refractivity contribution in [2.24, 2.45) is 0 Å². The Morgan fingerprint density at radius 2 is 2.00 bits per heavy atom. The summed E-state index contributed by atoms with van der Waals surface area (Å²) < 4.78 is 5.93. The number of aromatic amines is 1. The van der Waals surface area contributed by atoms with Crippen molar-refractivity contribution in [2.45, 2.75) is 59.7 Å². The van der Waals surface area contributed by atoms with Crippen LogP contribution in [0.2, 0.25) is 0 Å². The number of fused-ring (bicyclic) bond motifs is 1. The van der Waals surface area contributed by atoms with Gasteiger partial charge in [-0.2, -0.15) is 0 Å². The molecule has 110 valence electrons. The first-order chi connectivity index (χ1) is 9.51. The number of ether oxygens (including phenoxy) is 1. The maximum absolute atomic E-state index is 5.93. The van der Waals surface area contributed by atoms with Gasteiger partial charge in [0.15, 0.2) is 0 Å². The normalized spacial score (nSPS) is 13.1. The van der Waals surface area contributed by atoms with Gasteiger partial charge in [0.05, 0.1) is 6.10 Å². The van der Waals surface area contributed by atoms with Crippen LogP contribution in [0, 0.1) is 6.92 Å². The predicted molar refractivity (Wildman–Crippen MR) is 85.4 cm³/mol. The second-order valence-electron chi connectivity index (χ2n) is 5.81. The molecule has 0 bridgehead atoms. The molecule has 20 heavy (non-hydrogen) atoms. The van der Waals surface area contributed by atoms with E-state index in [0.29, 0.717) is 6.04 Å². The van der Waals surface area contributed by atoms with Crippen molar-refractivity contribution < 1.29 is 4.74 Å². The van der Waals surface area contributed by atoms with Crippen LogP contribution in [0.25, 0.3) is 10.9 Å². The molecule has 0 unspecified atom stereocenters. The van der Waals surface area contributed by atoms with Crippen molar-refractivity contribution in [2.75, 3.05) is 0 Å². The fraction of sp³-hybridized carbons (Fsp3) is 0.529. The Balaban J connectivity index is 2.31. The van der Waals surface area contributed by atoms with Gasteiger partial charge in [-0.05, 0) is 44.0 Å². The lowest BCUT2D eigenvalue weighted by Crippen LogP contribution is -2.22. The van der Waals surface area contributed by atoms with E-state index in [0.717, 1.165) is 18.7 Å². The molecule has 0 spiro atoms. The van der Waals surface area contributed by atoms with Crippen LogP contribution in [0.1, 0.15) is 45.4 Å². The summed E-state index contributed by atoms with van der Waals surface area (Å²) >= 11 is 0. The summed E-state index contributed by atoms with van der Waals surface area (Å²) in [4.78, 5) is 3.45. The van der Waals surface area contributed by atoms with E-state index in [-0.39, 0.29) is 6.10 Å². The summed E-state index contributed by atoms with van der Waals surface area (Å²) in [5.74, 6) is 0.955. The number of hydrogen-bond donors (Lipinski definition) is 2. The third-order valence-corrected chi connectivity index (χ3v) is 3.69. The van der Waals surface area contributed by atoms with E-state index in [9.17, 15) is 0 Å². The Kier molecular flexibility index (Phi) is 4.71. The fourth-order valence-electron chi connectivity index (χ4n) is 2.28. The van der Waals surface area contributed by atoms with Crippen LogP contribution in [-0.2, 0) is 6.54 Å². The third kappa shape index (κ3) is 3.34. The van der Waals surface area contributed by atoms with Crippen molar-refractivity contribution in [1.29, 1.82) is 0 Å². The number of H-pyrrole nitrogens is 1. The van der Waals surface area contributed by atoms with Crippen LogP contribution < -0.4 is 10.1 Å². The molecule has 1 aromatic heterocycles. The fourth-order valence-corrected chi connectivity index (χ4v) is 2.28. The van der Waals surface area contributed by atoms with E-state index in [1.165, 1.54) is 22.2 Å². The zero-order valence-electron chi connectivity index (χ0n) is 13.2. The Morgan fingerprint density at radius 3 is 2.65 bits per heavy atom. The van der Waals surface area contributed by atoms with Crippen LogP contribution in [0.15, 0.2) is 18.2 Å². The lowest BCUT2D eigenvalue weighted by Gasteiger charge is -2.13. The first-order valence-corrected chi connectivity index (χ1v) is 7.52. The molecule has 3 nitrogen and oxygen atoms in total. The van der Waals surface area contributed by atoms with Crippen LogP contribution in [0.5, 0.6) is 5.75 Å². The SMILES string of the molecule is CC[C@@H](C)Oc1ccc2[nH]c(C)c(CNC(C)C)c2c1. The van der Waals surface area contributed by atoms with Gasteiger partial charge >= 0.3 is 0 Å². The number of benzene rings is 1. The smallest absolute Gasteiger partial charge is 0.120 e. The molecule has 1 heterocycles. The summed E-state index contributed by atoms with van der Waals surface area (Å²) in [7, 11) is 0. The molecule has 0 radical (unpaired) electrons. The molecule has 2 rings (SSSR count). The van der Waals surface area contributed by atoms with E-state index < -0.39 is 0 Å². The van der Waals surface area contributed by atoms with E-state index in [2.05, 4.69) is 57.1 Å². The summed E-state index contributed by atoms with van der Waals surface area (Å²) in [5.41, 5.74) is 3.75. The number of nitrogens with one attached hydrogen (secondary N) is 2. The average Bonchev–Trinajstić information content (AvgIpc) is 2.71. The van der Waals surface area contributed by atoms with Gasteiger partial charge in [0.1, 0.15) is 5.75 Å². The number of aromatic nitrogens is 1. The highest BCUT2D eigenvalue weighted by atomic mass is 16.5. The number of aryl methyl sites for hydroxylation is 1. The standard InChI is InChI=1S/C17H26N2O/c1-6-12(4)20-14-7-8-17-15(9-14)16(13(5)19-17)10-18-11(2)3/h7-9,11-12,18-19H,6,10H2,1-5H3/t12-/m1/s1. The third-order valence-electron chi connectivity index (χ3n) is 3.69. The van der Waals surface area contributed by atoms with Gasteiger partial charge in [0.25, 0.3) is 0 Å². The Morgan fingerprint density at radius 1 is 1.25 bits per heavy atom. The topological polar surface area (TPSA) is 37.0 Å². The first-order valence-electron chi connectivity index (χ1n) is 7.52. The Labute approximate surface area is 121 Å². The molecule has 0 aliphatic rings. The van der Waals surface area contributed by atoms with E-state index >= 15 is 0 Å². The minimum absolute atomic E-state index is 0.254. The van der Waals surface area contributed by atoms with Crippen molar-refractivity contribution >= 4 is 10.9 Å². The van der Waals surface area contributed by atoms with Gasteiger partial charge in [0, 0.05) is 29.2 Å². The minimum atomic E-state index is 0.254. The van der Waals surface area contributed by atoms with E-state index in [1.54, 1.807) is 0 Å². The Bertz CT molecular complexity index is 572. The van der Waals surface area contributed by atoms with Crippen LogP contribution >= 0.6 is 0 Å². The average molecular weight is 274 g/mol. The first kappa shape index (κ1) is 14.9. The van der Waals surface area contributed by atoms with E-state index in [4.69, 9.17) is 4.74 Å². The maximum Gasteiger partial charge on any atom is 0.120 e. The van der Waals surface area contributed by atoms with Crippen LogP contribution in [0.3, 0.4) is 0 Å². The molecule has 0 saturated carbocycles. The van der Waals surface area contributed by atoms with Crippen molar-refractivity contribution in [3.05, 3.63) is 29.5 Å². The largest absolute Gasteiger partial charge is 0.491 e. The molecule has 0 saturated heterocycles. The summed E-state index contributed by atoms with van der Waals surface area (Å²) in [6.45, 7) is 11.6. The second kappa shape index (κ2) is 6.31. The molecule has 0 aliphatic carbocycles. The van der Waals surface area contributed by atoms with Crippen LogP contribution in [-0.4, -0.2) is 17.1 Å². The van der Waals surface area contributed by atoms with E-state index in [1.807, 2.05) is 6.07 Å². The summed E-state index contributed by atoms with van der Waals surface area (Å²) in [6, 6.07) is 6.80. The zero-order valence-corrected chi connectivity index (χ0v) is 13.2. The predicted octanol–water partition coefficient (Wildman–Crippen LogP) is 4.15. The lowest BCUT2D eigenvalue weighted by molar-refractivity contribution is 0.218. The van der Waals surface area contributed by atoms with Gasteiger partial charge in [-0.3, -0.25) is 0 Å². The van der Waals surface area contributed by atoms with Crippen molar-refractivity contribution in [1.82, 2.24) is 10.3 Å². The molecule has 1 atom stereocenters. The number of rotatable bonds is 6. The molecular formula is C17H26N2O. The highest BCUT2D eigenvalue weighted by Crippen LogP contribution is 2.27. The minimum Gasteiger partial charge on any atom is -0.491 e. The lowest BCUT2D eigenvalue weighted by atomic mass is 10.1. The van der Waals surface area contributed by atoms with Gasteiger partial charge in [-0.25, -0.2) is 0 Å². The van der Waals surface area contributed by atoms with Gasteiger partial charge < -0.3 is 15.0 Å². The highest BCUT2D eigenvalue weighted by Gasteiger charge is 2.10. The molecule has 1 aromatic carbocycles. The summed E-state index contributed by atoms with van der Waals surface area (Å²) in [6.07, 6.45) is 1.27. The van der Waals surface area contributed by atoms with Crippen molar-refractivity contribution in [3.63, 3.8) is 0 Å². The maximum atomic E-state index is 5.93. The molecule has 2 aromatic rings. The number of hydrogen-bond acceptors (Lipinski definition) is 2. The molecule has 0 fully saturated rings. The second-order valence-corrected chi connectivity index (χ2v) is 5.81. The summed E-state index contributed by atoms with van der Waals surface area (Å²) in [5, 5.41) is 4.75. The van der Waals surface area contributed by atoms with Gasteiger partial charge in [0.2, 0.25) is 0 Å². The van der Waals surface area contributed by atoms with Gasteiger partial charge in [-0.15, -0.1) is 0 Å². The quantitative estimate of drug-likeness (QED) is 0.830. The Hall–Kier alpha value is -1.48. The monoisotopic (exact) mass is 274 g/mol. The zero-order chi connectivity index (χ0) is 14.7. The molecule has 2 N–H and O–H groups in total. The molecule has 3 heteroatoms. The van der Waals surface area contributed by atoms with Crippen LogP contribution in [0.4, 0.5) is 0 Å². The molecular weight excluding hydrogens is 248 g/mol. The highest BCUT2D eigenvalue weighted by molar-refractivity contribution is 5.86. The molecule has 0 amide bonds. The van der Waals surface area contributed by atoms with Crippen molar-refractivity contribution in [3.8, 4) is 5.75 Å². The molecule has 0 aliphatic heterocycles. The van der Waals surface area contributed by atoms with Gasteiger partial charge in [-0.1, -0.05) is 20.8 Å².